The zero-order valence-corrected chi connectivity index (χ0v) is 22.7. The molecule has 7 unspecified atom stereocenters. The molecule has 1 aromatic rings. The number of Topliss-reactive ketones (excluding diaryl/α,β-unsaturated/α-hetero) is 2. The summed E-state index contributed by atoms with van der Waals surface area (Å²) in [6, 6.07) is 4.54. The number of carbonyl (C=O) groups excluding carboxylic acids is 6. The summed E-state index contributed by atoms with van der Waals surface area (Å²) in [6.45, 7) is 4.05. The predicted molar refractivity (Wildman–Crippen MR) is 135 cm³/mol. The minimum Gasteiger partial charge on any atom is -0.463 e. The molecule has 12 heteroatoms. The fourth-order valence-corrected chi connectivity index (χ4v) is 5.85. The van der Waals surface area contributed by atoms with Crippen LogP contribution in [0.2, 0.25) is 0 Å². The second-order valence-electron chi connectivity index (χ2n) is 10.2. The number of carbonyl (C=O) groups is 6. The first-order chi connectivity index (χ1) is 19.5. The van der Waals surface area contributed by atoms with Crippen LogP contribution in [0.25, 0.3) is 0 Å². The summed E-state index contributed by atoms with van der Waals surface area (Å²) >= 11 is 0. The van der Waals surface area contributed by atoms with Crippen molar-refractivity contribution in [1.82, 2.24) is 0 Å². The van der Waals surface area contributed by atoms with E-state index >= 15 is 0 Å². The molecule has 2 bridgehead atoms. The van der Waals surface area contributed by atoms with Gasteiger partial charge in [0, 0.05) is 56.2 Å². The van der Waals surface area contributed by atoms with Crippen molar-refractivity contribution in [2.45, 2.75) is 64.8 Å². The molecule has 7 atom stereocenters. The molecule has 12 nitrogen and oxygen atoms in total. The van der Waals surface area contributed by atoms with Crippen molar-refractivity contribution in [1.29, 1.82) is 0 Å². The maximum atomic E-state index is 13.7. The van der Waals surface area contributed by atoms with Crippen LogP contribution in [-0.2, 0) is 42.9 Å². The lowest BCUT2D eigenvalue weighted by atomic mass is 9.79. The van der Waals surface area contributed by atoms with E-state index < -0.39 is 61.2 Å². The van der Waals surface area contributed by atoms with Gasteiger partial charge in [0.1, 0.15) is 18.5 Å². The van der Waals surface area contributed by atoms with E-state index in [4.69, 9.17) is 28.4 Å². The van der Waals surface area contributed by atoms with E-state index in [0.717, 1.165) is 27.7 Å². The maximum Gasteiger partial charge on any atom is 0.303 e. The van der Waals surface area contributed by atoms with Crippen molar-refractivity contribution in [3.63, 3.8) is 0 Å². The van der Waals surface area contributed by atoms with Gasteiger partial charge in [-0.2, -0.15) is 0 Å². The molecule has 1 aliphatic heterocycles. The number of esters is 4. The van der Waals surface area contributed by atoms with Crippen LogP contribution in [0.5, 0.6) is 5.75 Å². The number of rotatable bonds is 7. The molecule has 1 fully saturated rings. The van der Waals surface area contributed by atoms with Crippen molar-refractivity contribution in [2.75, 3.05) is 6.61 Å². The third-order valence-electron chi connectivity index (χ3n) is 7.29. The minimum absolute atomic E-state index is 0.0277. The molecule has 0 radical (unpaired) electrons. The molecule has 0 spiro atoms. The molecule has 0 N–H and O–H groups in total. The van der Waals surface area contributed by atoms with Gasteiger partial charge in [0.25, 0.3) is 0 Å². The molecule has 5 rings (SSSR count). The van der Waals surface area contributed by atoms with Crippen molar-refractivity contribution in [3.8, 4) is 5.75 Å². The van der Waals surface area contributed by atoms with Gasteiger partial charge < -0.3 is 28.4 Å². The van der Waals surface area contributed by atoms with Crippen LogP contribution >= 0.6 is 0 Å². The lowest BCUT2D eigenvalue weighted by Crippen LogP contribution is -2.63. The first kappa shape index (κ1) is 28.2. The zero-order valence-electron chi connectivity index (χ0n) is 22.7. The number of hydrogen-bond acceptors (Lipinski definition) is 12. The highest BCUT2D eigenvalue weighted by Crippen LogP contribution is 2.50. The molecule has 0 saturated carbocycles. The Morgan fingerprint density at radius 3 is 1.98 bits per heavy atom. The van der Waals surface area contributed by atoms with Crippen LogP contribution < -0.4 is 4.74 Å². The molecule has 0 aromatic heterocycles. The number of ketones is 2. The average Bonchev–Trinajstić information content (AvgIpc) is 3.51. The smallest absolute Gasteiger partial charge is 0.303 e. The van der Waals surface area contributed by atoms with Gasteiger partial charge in [-0.05, 0) is 12.5 Å². The Hall–Kier alpha value is -4.32. The Morgan fingerprint density at radius 2 is 1.37 bits per heavy atom. The van der Waals surface area contributed by atoms with Crippen molar-refractivity contribution in [3.05, 3.63) is 52.6 Å². The third kappa shape index (κ3) is 5.26. The molecule has 216 valence electrons. The van der Waals surface area contributed by atoms with E-state index in [9.17, 15) is 28.8 Å². The first-order valence-electron chi connectivity index (χ1n) is 13.1. The minimum atomic E-state index is -1.54. The molecule has 1 heterocycles. The number of fused-ring (bicyclic) bond motifs is 5. The van der Waals surface area contributed by atoms with Crippen LogP contribution in [-0.4, -0.2) is 72.8 Å². The van der Waals surface area contributed by atoms with Crippen LogP contribution in [0.15, 0.2) is 41.5 Å². The van der Waals surface area contributed by atoms with Crippen molar-refractivity contribution in [2.24, 2.45) is 11.8 Å². The quantitative estimate of drug-likeness (QED) is 0.268. The van der Waals surface area contributed by atoms with Gasteiger partial charge in [-0.15, -0.1) is 0 Å². The van der Waals surface area contributed by atoms with Crippen LogP contribution in [0.1, 0.15) is 54.8 Å². The van der Waals surface area contributed by atoms with Crippen molar-refractivity contribution < 1.29 is 57.2 Å². The standard InChI is InChI=1S/C29H28O12/c1-12(30)36-11-20-26(37-13(2)31)27(38-14(3)32)28(39-15(4)33)29(41-20)40-19-7-5-6-18-23(19)25(35)22-17-9-8-16(10-17)21(22)24(18)34/h5-9,16-17,20,26-29H,10-11H2,1-4H3. The van der Waals surface area contributed by atoms with E-state index in [0.29, 0.717) is 17.6 Å². The summed E-state index contributed by atoms with van der Waals surface area (Å²) in [5.74, 6) is -3.95. The van der Waals surface area contributed by atoms with E-state index in [-0.39, 0.29) is 40.3 Å². The molecule has 3 aliphatic carbocycles. The zero-order chi connectivity index (χ0) is 29.6. The van der Waals surface area contributed by atoms with Crippen LogP contribution in [0.3, 0.4) is 0 Å². The fraction of sp³-hybridized carbons (Fsp3) is 0.448. The predicted octanol–water partition coefficient (Wildman–Crippen LogP) is 2.03. The van der Waals surface area contributed by atoms with E-state index in [1.807, 2.05) is 12.2 Å². The Morgan fingerprint density at radius 1 is 0.780 bits per heavy atom. The van der Waals surface area contributed by atoms with Gasteiger partial charge >= 0.3 is 23.9 Å². The Kier molecular flexibility index (Phi) is 7.52. The highest BCUT2D eigenvalue weighted by molar-refractivity contribution is 6.29. The summed E-state index contributed by atoms with van der Waals surface area (Å²) in [4.78, 5) is 75.0. The monoisotopic (exact) mass is 568 g/mol. The Labute approximate surface area is 234 Å². The average molecular weight is 569 g/mol. The van der Waals surface area contributed by atoms with Gasteiger partial charge in [-0.1, -0.05) is 24.3 Å². The number of allylic oxidation sites excluding steroid dienone is 4. The van der Waals surface area contributed by atoms with E-state index in [1.54, 1.807) is 6.07 Å². The topological polar surface area (TPSA) is 158 Å². The number of hydrogen-bond donors (Lipinski definition) is 0. The van der Waals surface area contributed by atoms with E-state index in [2.05, 4.69) is 0 Å². The van der Waals surface area contributed by atoms with Gasteiger partial charge in [0.15, 0.2) is 23.8 Å². The summed E-state index contributed by atoms with van der Waals surface area (Å²) in [6.07, 6.45) is -2.54. The highest BCUT2D eigenvalue weighted by Gasteiger charge is 2.54. The molecule has 1 saturated heterocycles. The molecule has 0 amide bonds. The molecule has 41 heavy (non-hydrogen) atoms. The SMILES string of the molecule is CC(=O)OCC1OC(Oc2cccc3c2C(=O)C2=C(C3=O)C3C=CC2C3)C(OC(C)=O)C(OC(C)=O)C1OC(C)=O. The summed E-state index contributed by atoms with van der Waals surface area (Å²) in [5, 5.41) is 0. The lowest BCUT2D eigenvalue weighted by Gasteiger charge is -2.44. The first-order valence-corrected chi connectivity index (χ1v) is 13.1. The van der Waals surface area contributed by atoms with Crippen LogP contribution in [0, 0.1) is 11.8 Å². The fourth-order valence-electron chi connectivity index (χ4n) is 5.85. The summed E-state index contributed by atoms with van der Waals surface area (Å²) in [7, 11) is 0. The Balaban J connectivity index is 1.54. The molecule has 1 aromatic carbocycles. The lowest BCUT2D eigenvalue weighted by molar-refractivity contribution is -0.288. The second kappa shape index (κ2) is 10.9. The van der Waals surface area contributed by atoms with Gasteiger partial charge in [0.2, 0.25) is 12.4 Å². The summed E-state index contributed by atoms with van der Waals surface area (Å²) < 4.78 is 33.5. The molecular weight excluding hydrogens is 540 g/mol. The second-order valence-corrected chi connectivity index (χ2v) is 10.2. The summed E-state index contributed by atoms with van der Waals surface area (Å²) in [5.41, 5.74) is 1.13. The third-order valence-corrected chi connectivity index (χ3v) is 7.29. The van der Waals surface area contributed by atoms with Crippen LogP contribution in [0.4, 0.5) is 0 Å². The van der Waals surface area contributed by atoms with Crippen molar-refractivity contribution >= 4 is 35.4 Å². The number of ether oxygens (including phenoxy) is 6. The largest absolute Gasteiger partial charge is 0.463 e. The number of benzene rings is 1. The van der Waals surface area contributed by atoms with Gasteiger partial charge in [-0.3, -0.25) is 28.8 Å². The Bertz CT molecular complexity index is 1400. The normalized spacial score (nSPS) is 29.4. The van der Waals surface area contributed by atoms with Gasteiger partial charge in [0.05, 0.1) is 5.56 Å². The highest BCUT2D eigenvalue weighted by atomic mass is 16.7. The maximum absolute atomic E-state index is 13.7. The van der Waals surface area contributed by atoms with Gasteiger partial charge in [-0.25, -0.2) is 0 Å². The van der Waals surface area contributed by atoms with E-state index in [1.165, 1.54) is 12.1 Å². The molecule has 4 aliphatic rings. The molecular formula is C29H28O12.